The van der Waals surface area contributed by atoms with Crippen LogP contribution in [0.1, 0.15) is 30.5 Å². The normalized spacial score (nSPS) is 13.2. The van der Waals surface area contributed by atoms with Crippen LogP contribution in [0.15, 0.2) is 5.38 Å². The van der Waals surface area contributed by atoms with E-state index in [2.05, 4.69) is 29.2 Å². The number of ether oxygens (including phenoxy) is 1. The van der Waals surface area contributed by atoms with E-state index in [4.69, 9.17) is 16.3 Å². The molecule has 3 nitrogen and oxygen atoms in total. The van der Waals surface area contributed by atoms with Gasteiger partial charge in [0.15, 0.2) is 0 Å². The Morgan fingerprint density at radius 1 is 1.50 bits per heavy atom. The highest BCUT2D eigenvalue weighted by atomic mass is 35.5. The predicted molar refractivity (Wildman–Crippen MR) is 78.6 cm³/mol. The average Bonchev–Trinajstić information content (AvgIpc) is 2.82. The lowest BCUT2D eigenvalue weighted by molar-refractivity contribution is 0.114. The fraction of sp³-hybridized carbons (Fsp3) is 0.769. The molecule has 1 aromatic rings. The number of alkyl halides is 1. The van der Waals surface area contributed by atoms with Crippen LogP contribution in [0.3, 0.4) is 0 Å². The highest BCUT2D eigenvalue weighted by Gasteiger charge is 2.08. The molecule has 0 aliphatic heterocycles. The van der Waals surface area contributed by atoms with Gasteiger partial charge in [0.05, 0.1) is 23.2 Å². The van der Waals surface area contributed by atoms with Gasteiger partial charge in [-0.3, -0.25) is 0 Å². The maximum Gasteiger partial charge on any atom is 0.0928 e. The number of rotatable bonds is 9. The summed E-state index contributed by atoms with van der Waals surface area (Å²) in [4.78, 5) is 6.81. The second-order valence-corrected chi connectivity index (χ2v) is 5.82. The third-order valence-corrected chi connectivity index (χ3v) is 4.28. The van der Waals surface area contributed by atoms with Crippen molar-refractivity contribution in [1.29, 1.82) is 0 Å². The Bertz CT molecular complexity index is 333. The Kier molecular flexibility index (Phi) is 7.82. The zero-order valence-electron chi connectivity index (χ0n) is 11.5. The molecule has 0 aliphatic rings. The summed E-state index contributed by atoms with van der Waals surface area (Å²) in [5, 5.41) is 3.26. The molecule has 104 valence electrons. The van der Waals surface area contributed by atoms with E-state index < -0.39 is 0 Å². The lowest BCUT2D eigenvalue weighted by atomic mass is 10.2. The summed E-state index contributed by atoms with van der Waals surface area (Å²) in [6, 6.07) is 0.484. The van der Waals surface area contributed by atoms with E-state index in [1.807, 2.05) is 0 Å². The highest BCUT2D eigenvalue weighted by molar-refractivity contribution is 7.09. The molecule has 0 aromatic carbocycles. The van der Waals surface area contributed by atoms with Gasteiger partial charge in [-0.05, 0) is 39.8 Å². The Balaban J connectivity index is 2.14. The van der Waals surface area contributed by atoms with Crippen molar-refractivity contribution in [2.45, 2.75) is 38.1 Å². The van der Waals surface area contributed by atoms with E-state index in [-0.39, 0.29) is 0 Å². The van der Waals surface area contributed by atoms with Gasteiger partial charge >= 0.3 is 0 Å². The monoisotopic (exact) mass is 290 g/mol. The van der Waals surface area contributed by atoms with Gasteiger partial charge < -0.3 is 9.64 Å². The molecule has 0 saturated carbocycles. The second-order valence-electron chi connectivity index (χ2n) is 4.61. The van der Waals surface area contributed by atoms with Gasteiger partial charge in [-0.15, -0.1) is 22.9 Å². The molecular weight excluding hydrogens is 268 g/mol. The van der Waals surface area contributed by atoms with Crippen LogP contribution in [0.25, 0.3) is 0 Å². The third-order valence-electron chi connectivity index (χ3n) is 3.05. The number of likely N-dealkylation sites (N-methyl/N-ethyl adjacent to an activating group) is 1. The Labute approximate surface area is 119 Å². The van der Waals surface area contributed by atoms with E-state index in [1.54, 1.807) is 18.4 Å². The quantitative estimate of drug-likeness (QED) is 0.516. The molecule has 1 atom stereocenters. The molecule has 5 heteroatoms. The van der Waals surface area contributed by atoms with Crippen LogP contribution in [0.2, 0.25) is 0 Å². The van der Waals surface area contributed by atoms with Crippen molar-refractivity contribution in [3.63, 3.8) is 0 Å². The number of hydrogen-bond donors (Lipinski definition) is 0. The van der Waals surface area contributed by atoms with Crippen molar-refractivity contribution in [2.75, 3.05) is 27.3 Å². The number of hydrogen-bond acceptors (Lipinski definition) is 4. The molecule has 0 radical (unpaired) electrons. The first-order chi connectivity index (χ1) is 8.67. The summed E-state index contributed by atoms with van der Waals surface area (Å²) >= 11 is 7.45. The van der Waals surface area contributed by atoms with E-state index in [1.165, 1.54) is 17.8 Å². The van der Waals surface area contributed by atoms with Crippen LogP contribution in [0, 0.1) is 0 Å². The number of nitrogens with zero attached hydrogens (tertiary/aromatic N) is 2. The second kappa shape index (κ2) is 8.86. The Hall–Kier alpha value is -0.160. The van der Waals surface area contributed by atoms with Crippen molar-refractivity contribution < 1.29 is 4.74 Å². The van der Waals surface area contributed by atoms with E-state index in [9.17, 15) is 0 Å². The van der Waals surface area contributed by atoms with Crippen LogP contribution in [0.4, 0.5) is 0 Å². The minimum atomic E-state index is 0.484. The molecular formula is C13H23ClN2OS. The maximum absolute atomic E-state index is 5.73. The highest BCUT2D eigenvalue weighted by Crippen LogP contribution is 2.14. The maximum atomic E-state index is 5.73. The molecule has 0 aliphatic carbocycles. The molecule has 0 bridgehead atoms. The summed E-state index contributed by atoms with van der Waals surface area (Å²) in [6.07, 6.45) is 3.44. The van der Waals surface area contributed by atoms with Crippen LogP contribution in [0.5, 0.6) is 0 Å². The fourth-order valence-corrected chi connectivity index (χ4v) is 2.82. The van der Waals surface area contributed by atoms with Gasteiger partial charge in [0.2, 0.25) is 0 Å². The first-order valence-electron chi connectivity index (χ1n) is 6.35. The Morgan fingerprint density at radius 2 is 2.28 bits per heavy atom. The standard InChI is InChI=1S/C13H23ClN2OS/c1-11(9-17-3)16(2)7-5-4-6-13-15-12(8-14)10-18-13/h10-11H,4-9H2,1-3H3. The minimum absolute atomic E-state index is 0.484. The van der Waals surface area contributed by atoms with Gasteiger partial charge in [-0.1, -0.05) is 0 Å². The lowest BCUT2D eigenvalue weighted by Crippen LogP contribution is -2.33. The topological polar surface area (TPSA) is 25.4 Å². The lowest BCUT2D eigenvalue weighted by Gasteiger charge is -2.23. The molecule has 1 unspecified atom stereocenters. The van der Waals surface area contributed by atoms with Crippen LogP contribution >= 0.6 is 22.9 Å². The molecule has 0 amide bonds. The SMILES string of the molecule is COCC(C)N(C)CCCCc1nc(CCl)cs1. The smallest absolute Gasteiger partial charge is 0.0928 e. The average molecular weight is 291 g/mol. The Morgan fingerprint density at radius 3 is 2.89 bits per heavy atom. The van der Waals surface area contributed by atoms with Crippen LogP contribution in [-0.4, -0.2) is 43.2 Å². The van der Waals surface area contributed by atoms with Crippen molar-refractivity contribution >= 4 is 22.9 Å². The summed E-state index contributed by atoms with van der Waals surface area (Å²) in [5.74, 6) is 0.522. The zero-order chi connectivity index (χ0) is 13.4. The number of halogens is 1. The van der Waals surface area contributed by atoms with Crippen molar-refractivity contribution in [3.05, 3.63) is 16.1 Å². The molecule has 0 fully saturated rings. The molecule has 0 N–H and O–H groups in total. The number of unbranched alkanes of at least 4 members (excludes halogenated alkanes) is 1. The molecule has 0 spiro atoms. The van der Waals surface area contributed by atoms with Crippen molar-refractivity contribution in [2.24, 2.45) is 0 Å². The number of aryl methyl sites for hydroxylation is 1. The molecule has 18 heavy (non-hydrogen) atoms. The zero-order valence-corrected chi connectivity index (χ0v) is 13.1. The van der Waals surface area contributed by atoms with E-state index >= 15 is 0 Å². The summed E-state index contributed by atoms with van der Waals surface area (Å²) < 4.78 is 5.15. The van der Waals surface area contributed by atoms with Crippen molar-refractivity contribution in [3.8, 4) is 0 Å². The van der Waals surface area contributed by atoms with Crippen LogP contribution in [-0.2, 0) is 17.0 Å². The molecule has 1 rings (SSSR count). The number of methoxy groups -OCH3 is 1. The van der Waals surface area contributed by atoms with Crippen molar-refractivity contribution in [1.82, 2.24) is 9.88 Å². The summed E-state index contributed by atoms with van der Waals surface area (Å²) in [7, 11) is 3.90. The molecule has 0 saturated heterocycles. The van der Waals surface area contributed by atoms with Crippen LogP contribution < -0.4 is 0 Å². The van der Waals surface area contributed by atoms with Gasteiger partial charge in [-0.2, -0.15) is 0 Å². The largest absolute Gasteiger partial charge is 0.383 e. The minimum Gasteiger partial charge on any atom is -0.383 e. The van der Waals surface area contributed by atoms with Gasteiger partial charge in [-0.25, -0.2) is 4.98 Å². The third kappa shape index (κ3) is 5.65. The van der Waals surface area contributed by atoms with Gasteiger partial charge in [0, 0.05) is 18.5 Å². The predicted octanol–water partition coefficient (Wildman–Crippen LogP) is 3.17. The molecule has 1 aromatic heterocycles. The summed E-state index contributed by atoms with van der Waals surface area (Å²) in [6.45, 7) is 4.09. The first kappa shape index (κ1) is 15.9. The van der Waals surface area contributed by atoms with E-state index in [0.29, 0.717) is 11.9 Å². The van der Waals surface area contributed by atoms with Gasteiger partial charge in [0.25, 0.3) is 0 Å². The fourth-order valence-electron chi connectivity index (χ4n) is 1.75. The number of aromatic nitrogens is 1. The van der Waals surface area contributed by atoms with Gasteiger partial charge in [0.1, 0.15) is 0 Å². The first-order valence-corrected chi connectivity index (χ1v) is 7.77. The van der Waals surface area contributed by atoms with E-state index in [0.717, 1.165) is 25.3 Å². The molecule has 1 heterocycles. The summed E-state index contributed by atoms with van der Waals surface area (Å²) in [5.41, 5.74) is 1.00. The number of thiazole rings is 1.